The summed E-state index contributed by atoms with van der Waals surface area (Å²) in [6.07, 6.45) is 3.39. The van der Waals surface area contributed by atoms with Crippen molar-refractivity contribution in [3.63, 3.8) is 0 Å². The Morgan fingerprint density at radius 3 is 2.60 bits per heavy atom. The van der Waals surface area contributed by atoms with E-state index in [1.165, 1.54) is 0 Å². The minimum atomic E-state index is -0.237. The van der Waals surface area contributed by atoms with Crippen molar-refractivity contribution < 1.29 is 9.21 Å². The van der Waals surface area contributed by atoms with Crippen LogP contribution in [0.15, 0.2) is 27.8 Å². The maximum Gasteiger partial charge on any atom is 0.240 e. The zero-order valence-corrected chi connectivity index (χ0v) is 18.6. The molecular formula is C18H33IN4O2. The smallest absolute Gasteiger partial charge is 0.240 e. The molecule has 1 rings (SSSR count). The lowest BCUT2D eigenvalue weighted by molar-refractivity contribution is -0.122. The number of nitrogens with zero attached hydrogens (tertiary/aromatic N) is 2. The average Bonchev–Trinajstić information content (AvgIpc) is 2.96. The quantitative estimate of drug-likeness (QED) is 0.370. The standard InChI is InChI=1S/C18H32N4O2.HI/c1-7-14(2)20-17(19-11-10-15-9-8-12-24-15)22(6)13-16(23)21-18(3,4)5;/h8-9,12,14H,7,10-11,13H2,1-6H3,(H,19,20)(H,21,23);1H. The van der Waals surface area contributed by atoms with E-state index in [-0.39, 0.29) is 42.0 Å². The molecule has 0 aliphatic heterocycles. The lowest BCUT2D eigenvalue weighted by Crippen LogP contribution is -2.50. The number of likely N-dealkylation sites (N-methyl/N-ethyl adjacent to an activating group) is 1. The fraction of sp³-hybridized carbons (Fsp3) is 0.667. The third-order valence-corrected chi connectivity index (χ3v) is 3.44. The molecule has 1 amide bonds. The van der Waals surface area contributed by atoms with Crippen LogP contribution in [0.3, 0.4) is 0 Å². The Bertz CT molecular complexity index is 524. The maximum absolute atomic E-state index is 12.1. The zero-order valence-electron chi connectivity index (χ0n) is 16.3. The Balaban J connectivity index is 0.00000576. The second-order valence-electron chi connectivity index (χ2n) is 7.14. The molecule has 2 N–H and O–H groups in total. The molecule has 25 heavy (non-hydrogen) atoms. The highest BCUT2D eigenvalue weighted by atomic mass is 127. The molecule has 1 aromatic rings. The van der Waals surface area contributed by atoms with E-state index in [4.69, 9.17) is 4.42 Å². The summed E-state index contributed by atoms with van der Waals surface area (Å²) in [7, 11) is 1.88. The van der Waals surface area contributed by atoms with Gasteiger partial charge in [0.25, 0.3) is 0 Å². The molecule has 0 fully saturated rings. The molecule has 0 aliphatic carbocycles. The van der Waals surface area contributed by atoms with Crippen molar-refractivity contribution in [3.05, 3.63) is 24.2 Å². The van der Waals surface area contributed by atoms with E-state index >= 15 is 0 Å². The van der Waals surface area contributed by atoms with E-state index < -0.39 is 0 Å². The Hall–Kier alpha value is -1.25. The van der Waals surface area contributed by atoms with E-state index in [0.717, 1.165) is 24.6 Å². The van der Waals surface area contributed by atoms with Crippen LogP contribution >= 0.6 is 24.0 Å². The molecule has 1 aromatic heterocycles. The largest absolute Gasteiger partial charge is 0.469 e. The number of carbonyl (C=O) groups is 1. The number of rotatable bonds is 7. The van der Waals surface area contributed by atoms with Crippen LogP contribution in [0.2, 0.25) is 0 Å². The van der Waals surface area contributed by atoms with Crippen LogP contribution in [0.5, 0.6) is 0 Å². The molecule has 0 radical (unpaired) electrons. The number of furan rings is 1. The molecule has 0 aromatic carbocycles. The molecule has 6 nitrogen and oxygen atoms in total. The number of guanidine groups is 1. The zero-order chi connectivity index (χ0) is 18.2. The van der Waals surface area contributed by atoms with Gasteiger partial charge in [0.05, 0.1) is 12.8 Å². The van der Waals surface area contributed by atoms with Gasteiger partial charge in [0, 0.05) is 31.6 Å². The van der Waals surface area contributed by atoms with Gasteiger partial charge in [-0.2, -0.15) is 0 Å². The van der Waals surface area contributed by atoms with E-state index in [2.05, 4.69) is 29.5 Å². The summed E-state index contributed by atoms with van der Waals surface area (Å²) >= 11 is 0. The molecule has 0 spiro atoms. The number of carbonyl (C=O) groups excluding carboxylic acids is 1. The van der Waals surface area contributed by atoms with Crippen molar-refractivity contribution in [2.75, 3.05) is 20.1 Å². The van der Waals surface area contributed by atoms with Gasteiger partial charge >= 0.3 is 0 Å². The third-order valence-electron chi connectivity index (χ3n) is 3.44. The number of halogens is 1. The van der Waals surface area contributed by atoms with Crippen molar-refractivity contribution in [2.24, 2.45) is 4.99 Å². The lowest BCUT2D eigenvalue weighted by Gasteiger charge is -2.27. The monoisotopic (exact) mass is 464 g/mol. The first-order valence-corrected chi connectivity index (χ1v) is 8.56. The topological polar surface area (TPSA) is 69.9 Å². The summed E-state index contributed by atoms with van der Waals surface area (Å²) in [4.78, 5) is 18.6. The van der Waals surface area contributed by atoms with Crippen molar-refractivity contribution in [1.29, 1.82) is 0 Å². The number of amides is 1. The number of aliphatic imine (C=N–C) groups is 1. The molecular weight excluding hydrogens is 431 g/mol. The van der Waals surface area contributed by atoms with E-state index in [1.807, 2.05) is 44.9 Å². The van der Waals surface area contributed by atoms with E-state index in [0.29, 0.717) is 12.6 Å². The fourth-order valence-electron chi connectivity index (χ4n) is 2.07. The number of hydrogen-bond acceptors (Lipinski definition) is 3. The predicted octanol–water partition coefficient (Wildman–Crippen LogP) is 3.03. The normalized spacial score (nSPS) is 13.0. The van der Waals surface area contributed by atoms with Crippen LogP contribution in [-0.2, 0) is 11.2 Å². The first-order chi connectivity index (χ1) is 11.2. The van der Waals surface area contributed by atoms with Gasteiger partial charge in [0.1, 0.15) is 5.76 Å². The number of nitrogens with one attached hydrogen (secondary N) is 2. The Kier molecular flexibility index (Phi) is 10.8. The average molecular weight is 464 g/mol. The molecule has 0 aliphatic rings. The Labute approximate surface area is 168 Å². The van der Waals surface area contributed by atoms with Crippen LogP contribution in [0.4, 0.5) is 0 Å². The van der Waals surface area contributed by atoms with Gasteiger partial charge in [0.2, 0.25) is 5.91 Å². The van der Waals surface area contributed by atoms with E-state index in [1.54, 1.807) is 6.26 Å². The first-order valence-electron chi connectivity index (χ1n) is 8.56. The molecule has 0 saturated heterocycles. The van der Waals surface area contributed by atoms with Crippen LogP contribution < -0.4 is 10.6 Å². The molecule has 1 atom stereocenters. The van der Waals surface area contributed by atoms with Gasteiger partial charge < -0.3 is 20.0 Å². The molecule has 0 bridgehead atoms. The van der Waals surface area contributed by atoms with Gasteiger partial charge in [-0.1, -0.05) is 6.92 Å². The lowest BCUT2D eigenvalue weighted by atomic mass is 10.1. The SMILES string of the molecule is CCC(C)NC(=NCCc1ccco1)N(C)CC(=O)NC(C)(C)C.I. The fourth-order valence-corrected chi connectivity index (χ4v) is 2.07. The first kappa shape index (κ1) is 23.8. The van der Waals surface area contributed by atoms with Gasteiger partial charge in [-0.3, -0.25) is 9.79 Å². The highest BCUT2D eigenvalue weighted by Gasteiger charge is 2.17. The van der Waals surface area contributed by atoms with Crippen molar-refractivity contribution >= 4 is 35.8 Å². The van der Waals surface area contributed by atoms with Gasteiger partial charge in [0.15, 0.2) is 5.96 Å². The second kappa shape index (κ2) is 11.4. The summed E-state index contributed by atoms with van der Waals surface area (Å²) in [5, 5.41) is 6.35. The van der Waals surface area contributed by atoms with Crippen LogP contribution in [-0.4, -0.2) is 48.5 Å². The molecule has 0 saturated carbocycles. The molecule has 7 heteroatoms. The molecule has 1 heterocycles. The summed E-state index contributed by atoms with van der Waals surface area (Å²) in [6.45, 7) is 11.0. The predicted molar refractivity (Wildman–Crippen MR) is 114 cm³/mol. The molecule has 144 valence electrons. The number of hydrogen-bond donors (Lipinski definition) is 2. The summed E-state index contributed by atoms with van der Waals surface area (Å²) < 4.78 is 5.33. The third kappa shape index (κ3) is 10.4. The highest BCUT2D eigenvalue weighted by Crippen LogP contribution is 2.02. The Morgan fingerprint density at radius 2 is 2.08 bits per heavy atom. The molecule has 1 unspecified atom stereocenters. The van der Waals surface area contributed by atoms with E-state index in [9.17, 15) is 4.79 Å². The van der Waals surface area contributed by atoms with Crippen molar-refractivity contribution in [1.82, 2.24) is 15.5 Å². The summed E-state index contributed by atoms with van der Waals surface area (Å²) in [5.41, 5.74) is -0.237. The van der Waals surface area contributed by atoms with Gasteiger partial charge in [-0.05, 0) is 46.2 Å². The van der Waals surface area contributed by atoms with Crippen LogP contribution in [0, 0.1) is 0 Å². The van der Waals surface area contributed by atoms with Crippen molar-refractivity contribution in [2.45, 2.75) is 59.0 Å². The van der Waals surface area contributed by atoms with Gasteiger partial charge in [-0.25, -0.2) is 0 Å². The maximum atomic E-state index is 12.1. The van der Waals surface area contributed by atoms with Crippen LogP contribution in [0.1, 0.15) is 46.8 Å². The minimum Gasteiger partial charge on any atom is -0.469 e. The Morgan fingerprint density at radius 1 is 1.40 bits per heavy atom. The minimum absolute atomic E-state index is 0. The van der Waals surface area contributed by atoms with Crippen molar-refractivity contribution in [3.8, 4) is 0 Å². The second-order valence-corrected chi connectivity index (χ2v) is 7.14. The van der Waals surface area contributed by atoms with Gasteiger partial charge in [-0.15, -0.1) is 24.0 Å². The summed E-state index contributed by atoms with van der Waals surface area (Å²) in [6, 6.07) is 4.11. The van der Waals surface area contributed by atoms with Crippen LogP contribution in [0.25, 0.3) is 0 Å². The highest BCUT2D eigenvalue weighted by molar-refractivity contribution is 14.0. The summed E-state index contributed by atoms with van der Waals surface area (Å²) in [5.74, 6) is 1.63.